The number of fused-ring (bicyclic) bond motifs is 1. The van der Waals surface area contributed by atoms with E-state index in [-0.39, 0.29) is 5.82 Å². The van der Waals surface area contributed by atoms with E-state index < -0.39 is 14.8 Å². The standard InChI is InChI=1S/C25H32FN3O2S/c1-5-17-14-23-19(13-21(17)26)15-22(29(23)20-9-7-6-8-10-20)18-11-12-24(27-16-18)28-32(30,31)25(2,3)4/h11-16,20H,5-10H2,1-4H3,(H,27,28). The highest BCUT2D eigenvalue weighted by atomic mass is 32.2. The van der Waals surface area contributed by atoms with Crippen molar-refractivity contribution in [3.05, 3.63) is 47.9 Å². The summed E-state index contributed by atoms with van der Waals surface area (Å²) in [6.07, 6.45) is 8.19. The molecule has 1 aliphatic carbocycles. The number of hydrogen-bond acceptors (Lipinski definition) is 3. The van der Waals surface area contributed by atoms with Gasteiger partial charge in [-0.05, 0) is 75.9 Å². The number of anilines is 1. The Bertz CT molecular complexity index is 1220. The van der Waals surface area contributed by atoms with Crippen LogP contribution in [-0.2, 0) is 16.4 Å². The van der Waals surface area contributed by atoms with Crippen molar-refractivity contribution in [1.29, 1.82) is 0 Å². The Labute approximate surface area is 190 Å². The van der Waals surface area contributed by atoms with Gasteiger partial charge in [-0.1, -0.05) is 26.2 Å². The molecule has 0 amide bonds. The van der Waals surface area contributed by atoms with Crippen LogP contribution in [0, 0.1) is 5.82 Å². The van der Waals surface area contributed by atoms with Crippen molar-refractivity contribution in [1.82, 2.24) is 9.55 Å². The van der Waals surface area contributed by atoms with E-state index in [1.807, 2.05) is 25.1 Å². The Kier molecular flexibility index (Phi) is 6.05. The maximum absolute atomic E-state index is 14.5. The predicted molar refractivity (Wildman–Crippen MR) is 129 cm³/mol. The van der Waals surface area contributed by atoms with Crippen molar-refractivity contribution < 1.29 is 12.8 Å². The number of halogens is 1. The van der Waals surface area contributed by atoms with Gasteiger partial charge in [-0.15, -0.1) is 0 Å². The van der Waals surface area contributed by atoms with E-state index in [1.165, 1.54) is 19.3 Å². The Hall–Kier alpha value is -2.41. The van der Waals surface area contributed by atoms with Gasteiger partial charge in [-0.2, -0.15) is 0 Å². The lowest BCUT2D eigenvalue weighted by atomic mass is 9.94. The minimum Gasteiger partial charge on any atom is -0.337 e. The van der Waals surface area contributed by atoms with Gasteiger partial charge in [0.2, 0.25) is 10.0 Å². The highest BCUT2D eigenvalue weighted by Gasteiger charge is 2.29. The molecule has 0 unspecified atom stereocenters. The van der Waals surface area contributed by atoms with E-state index in [1.54, 1.807) is 39.1 Å². The van der Waals surface area contributed by atoms with Gasteiger partial charge in [0.05, 0.1) is 10.4 Å². The number of nitrogens with zero attached hydrogens (tertiary/aromatic N) is 2. The van der Waals surface area contributed by atoms with Crippen LogP contribution in [0.25, 0.3) is 22.2 Å². The van der Waals surface area contributed by atoms with Gasteiger partial charge in [-0.3, -0.25) is 4.72 Å². The number of sulfonamides is 1. The molecule has 0 aliphatic heterocycles. The topological polar surface area (TPSA) is 64.0 Å². The largest absolute Gasteiger partial charge is 0.337 e. The van der Waals surface area contributed by atoms with Gasteiger partial charge < -0.3 is 4.57 Å². The van der Waals surface area contributed by atoms with Gasteiger partial charge in [0.15, 0.2) is 0 Å². The SMILES string of the molecule is CCc1cc2c(cc1F)cc(-c1ccc(NS(=O)(=O)C(C)(C)C)nc1)n2C1CCCCC1. The first-order chi connectivity index (χ1) is 15.1. The van der Waals surface area contributed by atoms with E-state index in [4.69, 9.17) is 0 Å². The zero-order valence-corrected chi connectivity index (χ0v) is 20.1. The minimum absolute atomic E-state index is 0.169. The highest BCUT2D eigenvalue weighted by Crippen LogP contribution is 2.38. The molecule has 172 valence electrons. The second-order valence-electron chi connectivity index (χ2n) is 9.70. The van der Waals surface area contributed by atoms with Crippen LogP contribution in [-0.4, -0.2) is 22.7 Å². The van der Waals surface area contributed by atoms with Crippen molar-refractivity contribution in [3.63, 3.8) is 0 Å². The number of aromatic nitrogens is 2. The van der Waals surface area contributed by atoms with E-state index in [0.29, 0.717) is 18.3 Å². The first-order valence-electron chi connectivity index (χ1n) is 11.4. The average Bonchev–Trinajstić information content (AvgIpc) is 3.11. The molecule has 1 aromatic carbocycles. The Morgan fingerprint density at radius 3 is 2.44 bits per heavy atom. The van der Waals surface area contributed by atoms with Crippen molar-refractivity contribution in [2.75, 3.05) is 4.72 Å². The fraction of sp³-hybridized carbons (Fsp3) is 0.480. The molecule has 1 fully saturated rings. The highest BCUT2D eigenvalue weighted by molar-refractivity contribution is 7.94. The lowest BCUT2D eigenvalue weighted by Crippen LogP contribution is -2.33. The van der Waals surface area contributed by atoms with Crippen molar-refractivity contribution >= 4 is 26.7 Å². The van der Waals surface area contributed by atoms with Gasteiger partial charge in [0.25, 0.3) is 0 Å². The predicted octanol–water partition coefficient (Wildman–Crippen LogP) is 6.45. The number of rotatable bonds is 5. The second-order valence-corrected chi connectivity index (χ2v) is 12.1. The van der Waals surface area contributed by atoms with Gasteiger partial charge in [-0.25, -0.2) is 17.8 Å². The maximum Gasteiger partial charge on any atom is 0.238 e. The number of hydrogen-bond donors (Lipinski definition) is 1. The minimum atomic E-state index is -3.55. The lowest BCUT2D eigenvalue weighted by Gasteiger charge is -2.27. The number of nitrogens with one attached hydrogen (secondary N) is 1. The maximum atomic E-state index is 14.5. The molecule has 1 saturated carbocycles. The van der Waals surface area contributed by atoms with Crippen molar-refractivity contribution in [2.24, 2.45) is 0 Å². The quantitative estimate of drug-likeness (QED) is 0.479. The molecule has 1 aliphatic rings. The van der Waals surface area contributed by atoms with Gasteiger partial charge in [0, 0.05) is 28.7 Å². The van der Waals surface area contributed by atoms with Crippen LogP contribution in [0.5, 0.6) is 0 Å². The monoisotopic (exact) mass is 457 g/mol. The molecule has 0 spiro atoms. The molecule has 0 saturated heterocycles. The zero-order valence-electron chi connectivity index (χ0n) is 19.3. The third-order valence-corrected chi connectivity index (χ3v) is 8.52. The van der Waals surface area contributed by atoms with Crippen LogP contribution in [0.2, 0.25) is 0 Å². The first-order valence-corrected chi connectivity index (χ1v) is 12.9. The van der Waals surface area contributed by atoms with Crippen LogP contribution >= 0.6 is 0 Å². The normalized spacial score (nSPS) is 15.9. The van der Waals surface area contributed by atoms with Crippen LogP contribution < -0.4 is 4.72 Å². The third-order valence-electron chi connectivity index (χ3n) is 6.43. The molecule has 0 radical (unpaired) electrons. The fourth-order valence-corrected chi connectivity index (χ4v) is 5.12. The summed E-state index contributed by atoms with van der Waals surface area (Å²) in [5.41, 5.74) is 3.67. The van der Waals surface area contributed by atoms with E-state index in [2.05, 4.69) is 14.3 Å². The summed E-state index contributed by atoms with van der Waals surface area (Å²) in [7, 11) is -3.55. The number of aryl methyl sites for hydroxylation is 1. The molecule has 32 heavy (non-hydrogen) atoms. The molecule has 5 nitrogen and oxygen atoms in total. The summed E-state index contributed by atoms with van der Waals surface area (Å²) >= 11 is 0. The molecular formula is C25H32FN3O2S. The van der Waals surface area contributed by atoms with E-state index in [9.17, 15) is 12.8 Å². The zero-order chi connectivity index (χ0) is 23.1. The van der Waals surface area contributed by atoms with Gasteiger partial charge in [0.1, 0.15) is 11.6 Å². The van der Waals surface area contributed by atoms with Gasteiger partial charge >= 0.3 is 0 Å². The average molecular weight is 458 g/mol. The molecule has 2 aromatic heterocycles. The van der Waals surface area contributed by atoms with Crippen LogP contribution in [0.4, 0.5) is 10.2 Å². The number of pyridine rings is 1. The lowest BCUT2D eigenvalue weighted by molar-refractivity contribution is 0.363. The molecular weight excluding hydrogens is 425 g/mol. The van der Waals surface area contributed by atoms with E-state index >= 15 is 0 Å². The molecule has 3 aromatic rings. The molecule has 0 bridgehead atoms. The van der Waals surface area contributed by atoms with E-state index in [0.717, 1.165) is 40.6 Å². The first kappa shape index (κ1) is 22.8. The fourth-order valence-electron chi connectivity index (χ4n) is 4.41. The van der Waals surface area contributed by atoms with Crippen molar-refractivity contribution in [2.45, 2.75) is 77.0 Å². The van der Waals surface area contributed by atoms with Crippen LogP contribution in [0.3, 0.4) is 0 Å². The number of benzene rings is 1. The summed E-state index contributed by atoms with van der Waals surface area (Å²) in [5.74, 6) is 0.126. The Morgan fingerprint density at radius 2 is 1.84 bits per heavy atom. The molecule has 4 rings (SSSR count). The van der Waals surface area contributed by atoms with Crippen molar-refractivity contribution in [3.8, 4) is 11.3 Å². The smallest absolute Gasteiger partial charge is 0.238 e. The van der Waals surface area contributed by atoms with Crippen LogP contribution in [0.1, 0.15) is 71.4 Å². The summed E-state index contributed by atoms with van der Waals surface area (Å²) in [5, 5.41) is 0.887. The second kappa shape index (κ2) is 8.50. The third kappa shape index (κ3) is 4.27. The molecule has 2 heterocycles. The Morgan fingerprint density at radius 1 is 1.12 bits per heavy atom. The summed E-state index contributed by atoms with van der Waals surface area (Å²) < 4.78 is 43.4. The van der Waals surface area contributed by atoms with Crippen LogP contribution in [0.15, 0.2) is 36.5 Å². The molecule has 0 atom stereocenters. The summed E-state index contributed by atoms with van der Waals surface area (Å²) in [6.45, 7) is 6.92. The summed E-state index contributed by atoms with van der Waals surface area (Å²) in [6, 6.07) is 9.60. The summed E-state index contributed by atoms with van der Waals surface area (Å²) in [4.78, 5) is 4.38. The Balaban J connectivity index is 1.78. The molecule has 7 heteroatoms. The molecule has 1 N–H and O–H groups in total.